The average Bonchev–Trinajstić information content (AvgIpc) is 3.16. The molecule has 0 radical (unpaired) electrons. The maximum absolute atomic E-state index is 14.8. The third-order valence-corrected chi connectivity index (χ3v) is 4.42. The van der Waals surface area contributed by atoms with Gasteiger partial charge in [-0.15, -0.1) is 10.2 Å². The highest BCUT2D eigenvalue weighted by atomic mass is 19.2. The standard InChI is InChI=1S/C22H19F2N5/c1-22(2,3)11-10-14-6-5-7-15(12-14)28(4)20-18-17(9-8-16(23)19(18)24)29-13-25-27-21(29)26-20/h5-9,12-13H,1-4H3. The maximum atomic E-state index is 14.8. The normalized spacial score (nSPS) is 11.5. The largest absolute Gasteiger partial charge is 0.329 e. The number of hydrogen-bond donors (Lipinski definition) is 0. The molecule has 0 atom stereocenters. The first-order chi connectivity index (χ1) is 13.7. The van der Waals surface area contributed by atoms with Crippen LogP contribution in [0.2, 0.25) is 0 Å². The summed E-state index contributed by atoms with van der Waals surface area (Å²) in [6.07, 6.45) is 1.43. The molecule has 7 heteroatoms. The molecule has 0 saturated carbocycles. The van der Waals surface area contributed by atoms with Crippen LogP contribution in [0.4, 0.5) is 20.3 Å². The highest BCUT2D eigenvalue weighted by Crippen LogP contribution is 2.33. The van der Waals surface area contributed by atoms with E-state index in [4.69, 9.17) is 0 Å². The first-order valence-electron chi connectivity index (χ1n) is 9.09. The first-order valence-corrected chi connectivity index (χ1v) is 9.09. The van der Waals surface area contributed by atoms with E-state index in [9.17, 15) is 8.78 Å². The molecule has 5 nitrogen and oxygen atoms in total. The second-order valence-electron chi connectivity index (χ2n) is 7.80. The van der Waals surface area contributed by atoms with Gasteiger partial charge < -0.3 is 4.90 Å². The second kappa shape index (κ2) is 6.82. The minimum Gasteiger partial charge on any atom is -0.329 e. The molecule has 2 heterocycles. The van der Waals surface area contributed by atoms with E-state index in [1.807, 2.05) is 45.0 Å². The molecule has 146 valence electrons. The third kappa shape index (κ3) is 3.49. The minimum absolute atomic E-state index is 0.0611. The number of nitrogens with zero attached hydrogens (tertiary/aromatic N) is 5. The van der Waals surface area contributed by atoms with Gasteiger partial charge in [-0.25, -0.2) is 8.78 Å². The van der Waals surface area contributed by atoms with E-state index in [0.29, 0.717) is 11.3 Å². The number of halogens is 2. The molecule has 0 unspecified atom stereocenters. The van der Waals surface area contributed by atoms with Gasteiger partial charge in [0, 0.05) is 23.7 Å². The Morgan fingerprint density at radius 2 is 1.90 bits per heavy atom. The lowest BCUT2D eigenvalue weighted by atomic mass is 9.97. The van der Waals surface area contributed by atoms with Gasteiger partial charge in [0.15, 0.2) is 11.6 Å². The zero-order valence-corrected chi connectivity index (χ0v) is 16.5. The molecule has 2 aromatic heterocycles. The molecule has 4 rings (SSSR count). The second-order valence-corrected chi connectivity index (χ2v) is 7.80. The molecule has 0 aliphatic heterocycles. The first kappa shape index (κ1) is 18.8. The summed E-state index contributed by atoms with van der Waals surface area (Å²) in [6, 6.07) is 10.1. The van der Waals surface area contributed by atoms with Crippen molar-refractivity contribution in [1.82, 2.24) is 19.6 Å². The zero-order valence-electron chi connectivity index (χ0n) is 16.5. The van der Waals surface area contributed by atoms with E-state index in [1.165, 1.54) is 16.8 Å². The monoisotopic (exact) mass is 391 g/mol. The van der Waals surface area contributed by atoms with Gasteiger partial charge in [-0.1, -0.05) is 17.9 Å². The van der Waals surface area contributed by atoms with Gasteiger partial charge in [0.1, 0.15) is 12.1 Å². The van der Waals surface area contributed by atoms with E-state index in [1.54, 1.807) is 11.9 Å². The Morgan fingerprint density at radius 1 is 1.10 bits per heavy atom. The Kier molecular flexibility index (Phi) is 4.42. The molecule has 29 heavy (non-hydrogen) atoms. The van der Waals surface area contributed by atoms with E-state index < -0.39 is 11.6 Å². The fourth-order valence-corrected chi connectivity index (χ4v) is 3.00. The van der Waals surface area contributed by atoms with Crippen LogP contribution in [0.25, 0.3) is 16.7 Å². The van der Waals surface area contributed by atoms with Crippen molar-refractivity contribution < 1.29 is 8.78 Å². The minimum atomic E-state index is -0.962. The summed E-state index contributed by atoms with van der Waals surface area (Å²) in [6.45, 7) is 6.12. The Balaban J connectivity index is 1.90. The molecule has 0 aliphatic carbocycles. The molecule has 2 aromatic carbocycles. The summed E-state index contributed by atoms with van der Waals surface area (Å²) in [5.41, 5.74) is 1.87. The summed E-state index contributed by atoms with van der Waals surface area (Å²) < 4.78 is 30.3. The van der Waals surface area contributed by atoms with Crippen molar-refractivity contribution >= 4 is 28.2 Å². The van der Waals surface area contributed by atoms with Crippen LogP contribution in [-0.2, 0) is 0 Å². The van der Waals surface area contributed by atoms with Crippen molar-refractivity contribution in [2.45, 2.75) is 20.8 Å². The summed E-state index contributed by atoms with van der Waals surface area (Å²) in [7, 11) is 1.75. The van der Waals surface area contributed by atoms with Crippen LogP contribution in [0.5, 0.6) is 0 Å². The van der Waals surface area contributed by atoms with Crippen molar-refractivity contribution in [3.63, 3.8) is 0 Å². The molecule has 0 amide bonds. The number of rotatable bonds is 2. The summed E-state index contributed by atoms with van der Waals surface area (Å²) in [4.78, 5) is 6.13. The number of aromatic nitrogens is 4. The lowest BCUT2D eigenvalue weighted by Crippen LogP contribution is -2.14. The van der Waals surface area contributed by atoms with Crippen molar-refractivity contribution in [2.24, 2.45) is 5.41 Å². The molecular formula is C22H19F2N5. The Morgan fingerprint density at radius 3 is 2.66 bits per heavy atom. The molecule has 0 saturated heterocycles. The quantitative estimate of drug-likeness (QED) is 0.464. The molecule has 4 aromatic rings. The van der Waals surface area contributed by atoms with Gasteiger partial charge in [0.25, 0.3) is 5.78 Å². The lowest BCUT2D eigenvalue weighted by Gasteiger charge is -2.21. The van der Waals surface area contributed by atoms with Crippen LogP contribution in [0.3, 0.4) is 0 Å². The maximum Gasteiger partial charge on any atom is 0.257 e. The number of anilines is 2. The average molecular weight is 391 g/mol. The van der Waals surface area contributed by atoms with Crippen LogP contribution in [0.1, 0.15) is 26.3 Å². The fourth-order valence-electron chi connectivity index (χ4n) is 3.00. The van der Waals surface area contributed by atoms with Gasteiger partial charge >= 0.3 is 0 Å². The molecule has 0 aliphatic rings. The highest BCUT2D eigenvalue weighted by Gasteiger charge is 2.20. The van der Waals surface area contributed by atoms with Crippen LogP contribution >= 0.6 is 0 Å². The summed E-state index contributed by atoms with van der Waals surface area (Å²) >= 11 is 0. The zero-order chi connectivity index (χ0) is 20.8. The summed E-state index contributed by atoms with van der Waals surface area (Å²) in [5.74, 6) is 5.00. The van der Waals surface area contributed by atoms with E-state index in [2.05, 4.69) is 27.0 Å². The van der Waals surface area contributed by atoms with Crippen molar-refractivity contribution in [3.8, 4) is 11.8 Å². The summed E-state index contributed by atoms with van der Waals surface area (Å²) in [5, 5.41) is 7.87. The van der Waals surface area contributed by atoms with E-state index in [0.717, 1.165) is 17.3 Å². The lowest BCUT2D eigenvalue weighted by molar-refractivity contribution is 0.516. The topological polar surface area (TPSA) is 46.3 Å². The predicted molar refractivity (Wildman–Crippen MR) is 109 cm³/mol. The van der Waals surface area contributed by atoms with Gasteiger partial charge in [-0.2, -0.15) is 4.98 Å². The molecule has 0 N–H and O–H groups in total. The molecule has 0 fully saturated rings. The number of fused-ring (bicyclic) bond motifs is 3. The van der Waals surface area contributed by atoms with Gasteiger partial charge in [-0.05, 0) is 51.1 Å². The van der Waals surface area contributed by atoms with Crippen molar-refractivity contribution in [2.75, 3.05) is 11.9 Å². The predicted octanol–water partition coefficient (Wildman–Crippen LogP) is 4.72. The fraction of sp³-hybridized carbons (Fsp3) is 0.227. The van der Waals surface area contributed by atoms with Crippen LogP contribution < -0.4 is 4.90 Å². The molecule has 0 bridgehead atoms. The van der Waals surface area contributed by atoms with Gasteiger partial charge in [-0.3, -0.25) is 4.40 Å². The van der Waals surface area contributed by atoms with E-state index in [-0.39, 0.29) is 16.6 Å². The Bertz CT molecular complexity index is 1290. The van der Waals surface area contributed by atoms with Crippen molar-refractivity contribution in [3.05, 3.63) is 59.9 Å². The third-order valence-electron chi connectivity index (χ3n) is 4.42. The van der Waals surface area contributed by atoms with E-state index >= 15 is 0 Å². The van der Waals surface area contributed by atoms with Crippen LogP contribution in [0, 0.1) is 28.9 Å². The smallest absolute Gasteiger partial charge is 0.257 e. The van der Waals surface area contributed by atoms with Crippen LogP contribution in [-0.4, -0.2) is 26.6 Å². The molecule has 0 spiro atoms. The molecular weight excluding hydrogens is 372 g/mol. The van der Waals surface area contributed by atoms with Crippen LogP contribution in [0.15, 0.2) is 42.7 Å². The SMILES string of the molecule is CN(c1cccc(C#CC(C)(C)C)c1)c1nc2nncn2c2ccc(F)c(F)c12. The van der Waals surface area contributed by atoms with Crippen molar-refractivity contribution in [1.29, 1.82) is 0 Å². The number of hydrogen-bond acceptors (Lipinski definition) is 4. The Labute approximate surface area is 167 Å². The Hall–Kier alpha value is -3.53. The highest BCUT2D eigenvalue weighted by molar-refractivity contribution is 5.94. The number of benzene rings is 2. The van der Waals surface area contributed by atoms with Gasteiger partial charge in [0.05, 0.1) is 10.9 Å². The van der Waals surface area contributed by atoms with Gasteiger partial charge in [0.2, 0.25) is 0 Å².